The molecule has 0 aromatic carbocycles. The van der Waals surface area contributed by atoms with Gasteiger partial charge in [-0.2, -0.15) is 5.10 Å². The lowest BCUT2D eigenvalue weighted by Crippen LogP contribution is -2.06. The molecule has 0 saturated carbocycles. The lowest BCUT2D eigenvalue weighted by Gasteiger charge is -2.08. The highest BCUT2D eigenvalue weighted by atomic mass is 16.5. The van der Waals surface area contributed by atoms with E-state index >= 15 is 0 Å². The fourth-order valence-electron chi connectivity index (χ4n) is 1.29. The van der Waals surface area contributed by atoms with Crippen molar-refractivity contribution in [1.29, 1.82) is 0 Å². The molecule has 1 aromatic heterocycles. The van der Waals surface area contributed by atoms with Crippen LogP contribution in [0.5, 0.6) is 0 Å². The third-order valence-electron chi connectivity index (χ3n) is 2.41. The van der Waals surface area contributed by atoms with Crippen LogP contribution in [0.2, 0.25) is 0 Å². The Hall–Kier alpha value is -0.830. The smallest absolute Gasteiger partial charge is 0.0906 e. The van der Waals surface area contributed by atoms with E-state index in [-0.39, 0.29) is 0 Å². The van der Waals surface area contributed by atoms with Crippen molar-refractivity contribution < 1.29 is 4.74 Å². The molecular formula is C12H22N2O. The van der Waals surface area contributed by atoms with Gasteiger partial charge in [0.1, 0.15) is 0 Å². The van der Waals surface area contributed by atoms with Crippen molar-refractivity contribution in [3.63, 3.8) is 0 Å². The first-order chi connectivity index (χ1) is 7.13. The van der Waals surface area contributed by atoms with Gasteiger partial charge in [-0.25, -0.2) is 0 Å². The number of nitrogens with zero attached hydrogens (tertiary/aromatic N) is 2. The number of hydrogen-bond acceptors (Lipinski definition) is 2. The SMILES string of the molecule is CCC(C)n1ccc(COCC(C)C)n1. The Morgan fingerprint density at radius 1 is 1.40 bits per heavy atom. The van der Waals surface area contributed by atoms with Crippen LogP contribution in [0, 0.1) is 5.92 Å². The van der Waals surface area contributed by atoms with Gasteiger partial charge in [0, 0.05) is 18.8 Å². The second-order valence-electron chi connectivity index (χ2n) is 4.45. The monoisotopic (exact) mass is 210 g/mol. The van der Waals surface area contributed by atoms with E-state index in [1.165, 1.54) is 0 Å². The first kappa shape index (κ1) is 12.2. The van der Waals surface area contributed by atoms with E-state index in [0.717, 1.165) is 18.7 Å². The molecule has 0 aliphatic heterocycles. The Morgan fingerprint density at radius 3 is 2.73 bits per heavy atom. The van der Waals surface area contributed by atoms with Crippen molar-refractivity contribution >= 4 is 0 Å². The zero-order valence-electron chi connectivity index (χ0n) is 10.2. The van der Waals surface area contributed by atoms with Crippen LogP contribution in [0.25, 0.3) is 0 Å². The van der Waals surface area contributed by atoms with Gasteiger partial charge in [0.25, 0.3) is 0 Å². The molecule has 3 heteroatoms. The van der Waals surface area contributed by atoms with Crippen LogP contribution in [-0.2, 0) is 11.3 Å². The molecule has 1 unspecified atom stereocenters. The standard InChI is InChI=1S/C12H22N2O/c1-5-11(4)14-7-6-12(13-14)9-15-8-10(2)3/h6-7,10-11H,5,8-9H2,1-4H3. The summed E-state index contributed by atoms with van der Waals surface area (Å²) >= 11 is 0. The molecule has 0 aliphatic rings. The highest BCUT2D eigenvalue weighted by Gasteiger charge is 2.04. The average Bonchev–Trinajstić information content (AvgIpc) is 2.65. The minimum Gasteiger partial charge on any atom is -0.375 e. The van der Waals surface area contributed by atoms with E-state index in [4.69, 9.17) is 4.74 Å². The summed E-state index contributed by atoms with van der Waals surface area (Å²) in [7, 11) is 0. The molecule has 1 heterocycles. The molecule has 1 rings (SSSR count). The normalized spacial score (nSPS) is 13.4. The van der Waals surface area contributed by atoms with Gasteiger partial charge in [-0.15, -0.1) is 0 Å². The lowest BCUT2D eigenvalue weighted by molar-refractivity contribution is 0.0942. The molecule has 86 valence electrons. The molecule has 0 radical (unpaired) electrons. The molecule has 0 spiro atoms. The predicted octanol–water partition coefficient (Wildman–Crippen LogP) is 3.03. The first-order valence-electron chi connectivity index (χ1n) is 5.75. The zero-order chi connectivity index (χ0) is 11.3. The van der Waals surface area contributed by atoms with Gasteiger partial charge in [0.15, 0.2) is 0 Å². The summed E-state index contributed by atoms with van der Waals surface area (Å²) in [5.74, 6) is 0.585. The first-order valence-corrected chi connectivity index (χ1v) is 5.75. The summed E-state index contributed by atoms with van der Waals surface area (Å²) in [6.07, 6.45) is 3.14. The van der Waals surface area contributed by atoms with E-state index in [1.807, 2.05) is 16.9 Å². The van der Waals surface area contributed by atoms with Gasteiger partial charge in [0.2, 0.25) is 0 Å². The molecule has 0 amide bonds. The van der Waals surface area contributed by atoms with Crippen molar-refractivity contribution in [3.05, 3.63) is 18.0 Å². The third kappa shape index (κ3) is 4.04. The Labute approximate surface area is 92.4 Å². The van der Waals surface area contributed by atoms with Gasteiger partial charge in [-0.3, -0.25) is 4.68 Å². The van der Waals surface area contributed by atoms with E-state index in [1.54, 1.807) is 0 Å². The molecule has 1 atom stereocenters. The summed E-state index contributed by atoms with van der Waals surface area (Å²) in [4.78, 5) is 0. The molecule has 0 N–H and O–H groups in total. The summed E-state index contributed by atoms with van der Waals surface area (Å²) < 4.78 is 7.54. The van der Waals surface area contributed by atoms with Crippen molar-refractivity contribution in [1.82, 2.24) is 9.78 Å². The molecule has 0 aliphatic carbocycles. The number of rotatable bonds is 6. The van der Waals surface area contributed by atoms with Crippen LogP contribution in [0.15, 0.2) is 12.3 Å². The molecule has 0 bridgehead atoms. The molecule has 1 aromatic rings. The Morgan fingerprint density at radius 2 is 2.13 bits per heavy atom. The van der Waals surface area contributed by atoms with Crippen molar-refractivity contribution in [3.8, 4) is 0 Å². The van der Waals surface area contributed by atoms with E-state index < -0.39 is 0 Å². The van der Waals surface area contributed by atoms with E-state index in [0.29, 0.717) is 18.6 Å². The van der Waals surface area contributed by atoms with Gasteiger partial charge in [-0.1, -0.05) is 20.8 Å². The quantitative estimate of drug-likeness (QED) is 0.721. The minimum atomic E-state index is 0.476. The highest BCUT2D eigenvalue weighted by molar-refractivity contribution is 4.97. The summed E-state index contributed by atoms with van der Waals surface area (Å²) in [5.41, 5.74) is 1.02. The van der Waals surface area contributed by atoms with Crippen molar-refractivity contribution in [2.45, 2.75) is 46.8 Å². The Bertz CT molecular complexity index is 281. The van der Waals surface area contributed by atoms with Crippen LogP contribution in [0.3, 0.4) is 0 Å². The topological polar surface area (TPSA) is 27.1 Å². The van der Waals surface area contributed by atoms with Crippen LogP contribution in [-0.4, -0.2) is 16.4 Å². The molecular weight excluding hydrogens is 188 g/mol. The predicted molar refractivity (Wildman–Crippen MR) is 61.7 cm³/mol. The minimum absolute atomic E-state index is 0.476. The molecule has 0 fully saturated rings. The largest absolute Gasteiger partial charge is 0.375 e. The van der Waals surface area contributed by atoms with Crippen LogP contribution in [0.1, 0.15) is 45.9 Å². The van der Waals surface area contributed by atoms with E-state index in [9.17, 15) is 0 Å². The summed E-state index contributed by atoms with van der Waals surface area (Å²) in [6, 6.07) is 2.51. The number of hydrogen-bond donors (Lipinski definition) is 0. The Kier molecular flexibility index (Phi) is 4.82. The van der Waals surface area contributed by atoms with Crippen molar-refractivity contribution in [2.24, 2.45) is 5.92 Å². The maximum absolute atomic E-state index is 5.53. The van der Waals surface area contributed by atoms with Crippen molar-refractivity contribution in [2.75, 3.05) is 6.61 Å². The highest BCUT2D eigenvalue weighted by Crippen LogP contribution is 2.09. The maximum atomic E-state index is 5.53. The fourth-order valence-corrected chi connectivity index (χ4v) is 1.29. The zero-order valence-corrected chi connectivity index (χ0v) is 10.2. The second kappa shape index (κ2) is 5.91. The Balaban J connectivity index is 2.39. The van der Waals surface area contributed by atoms with Gasteiger partial charge >= 0.3 is 0 Å². The van der Waals surface area contributed by atoms with Gasteiger partial charge in [-0.05, 0) is 25.3 Å². The summed E-state index contributed by atoms with van der Waals surface area (Å²) in [5, 5.41) is 4.47. The fraction of sp³-hybridized carbons (Fsp3) is 0.750. The third-order valence-corrected chi connectivity index (χ3v) is 2.41. The summed E-state index contributed by atoms with van der Waals surface area (Å²) in [6.45, 7) is 10.1. The van der Waals surface area contributed by atoms with Crippen LogP contribution >= 0.6 is 0 Å². The molecule has 3 nitrogen and oxygen atoms in total. The van der Waals surface area contributed by atoms with E-state index in [2.05, 4.69) is 32.8 Å². The van der Waals surface area contributed by atoms with Crippen LogP contribution in [0.4, 0.5) is 0 Å². The number of aromatic nitrogens is 2. The molecule has 0 saturated heterocycles. The van der Waals surface area contributed by atoms with Gasteiger partial charge in [0.05, 0.1) is 12.3 Å². The second-order valence-corrected chi connectivity index (χ2v) is 4.45. The average molecular weight is 210 g/mol. The molecule has 15 heavy (non-hydrogen) atoms. The van der Waals surface area contributed by atoms with Crippen LogP contribution < -0.4 is 0 Å². The van der Waals surface area contributed by atoms with Gasteiger partial charge < -0.3 is 4.74 Å². The maximum Gasteiger partial charge on any atom is 0.0906 e. The lowest BCUT2D eigenvalue weighted by atomic mass is 10.2. The number of ether oxygens (including phenoxy) is 1.